The fourth-order valence-electron chi connectivity index (χ4n) is 6.82. The standard InChI is InChI=1S/C41H76F2O8/c1-3-4-5-6-7-8-9-13-16-19-22-25-28-35(45)37(46)33(31-50-41-40(49)39(48)38(47)36(30-44)51-41)29-34(43)27-24-21-18-15-12-10-11-14-17-20-23-26-32(2)42/h29,33,35-41,44-49H,2-28,30-31H2,1H3/b34-29+/t33-,35+,36?,37-,38?,39?,40?,41?/m0/s1. The van der Waals surface area contributed by atoms with Crippen molar-refractivity contribution in [3.63, 3.8) is 0 Å². The lowest BCUT2D eigenvalue weighted by atomic mass is 9.93. The maximum absolute atomic E-state index is 15.2. The second-order valence-corrected chi connectivity index (χ2v) is 15.0. The predicted molar refractivity (Wildman–Crippen MR) is 200 cm³/mol. The van der Waals surface area contributed by atoms with E-state index in [1.807, 2.05) is 0 Å². The highest BCUT2D eigenvalue weighted by Gasteiger charge is 2.44. The summed E-state index contributed by atoms with van der Waals surface area (Å²) in [4.78, 5) is 0. The van der Waals surface area contributed by atoms with Crippen LogP contribution in [0.25, 0.3) is 0 Å². The van der Waals surface area contributed by atoms with Gasteiger partial charge in [0, 0.05) is 5.92 Å². The van der Waals surface area contributed by atoms with E-state index in [0.29, 0.717) is 19.3 Å². The Morgan fingerprint density at radius 3 is 1.59 bits per heavy atom. The Morgan fingerprint density at radius 2 is 1.12 bits per heavy atom. The molecule has 1 saturated heterocycles. The van der Waals surface area contributed by atoms with Crippen LogP contribution in [0.2, 0.25) is 0 Å². The number of ether oxygens (including phenoxy) is 2. The third kappa shape index (κ3) is 23.4. The fraction of sp³-hybridized carbons (Fsp3) is 0.902. The summed E-state index contributed by atoms with van der Waals surface area (Å²) in [6.45, 7) is 4.61. The molecule has 0 aromatic rings. The van der Waals surface area contributed by atoms with Gasteiger partial charge in [0.15, 0.2) is 6.29 Å². The van der Waals surface area contributed by atoms with Crippen LogP contribution in [0.15, 0.2) is 24.3 Å². The van der Waals surface area contributed by atoms with Crippen molar-refractivity contribution in [3.05, 3.63) is 24.3 Å². The summed E-state index contributed by atoms with van der Waals surface area (Å²) in [5.74, 6) is -1.59. The zero-order chi connectivity index (χ0) is 37.7. The van der Waals surface area contributed by atoms with Crippen molar-refractivity contribution >= 4 is 0 Å². The number of aliphatic hydroxyl groups excluding tert-OH is 6. The molecule has 8 atom stereocenters. The van der Waals surface area contributed by atoms with E-state index in [-0.39, 0.29) is 18.9 Å². The van der Waals surface area contributed by atoms with Gasteiger partial charge in [0.25, 0.3) is 0 Å². The molecule has 0 spiro atoms. The summed E-state index contributed by atoms with van der Waals surface area (Å²) in [5, 5.41) is 62.0. The van der Waals surface area contributed by atoms with Crippen molar-refractivity contribution in [2.75, 3.05) is 13.2 Å². The molecule has 302 valence electrons. The van der Waals surface area contributed by atoms with Crippen LogP contribution >= 0.6 is 0 Å². The van der Waals surface area contributed by atoms with Crippen molar-refractivity contribution in [1.29, 1.82) is 0 Å². The summed E-state index contributed by atoms with van der Waals surface area (Å²) < 4.78 is 38.9. The molecule has 1 fully saturated rings. The van der Waals surface area contributed by atoms with Crippen molar-refractivity contribution in [2.24, 2.45) is 5.92 Å². The molecule has 0 aromatic heterocycles. The number of hydrogen-bond acceptors (Lipinski definition) is 8. The van der Waals surface area contributed by atoms with Gasteiger partial charge in [-0.05, 0) is 38.2 Å². The van der Waals surface area contributed by atoms with Gasteiger partial charge in [0.1, 0.15) is 24.4 Å². The van der Waals surface area contributed by atoms with Gasteiger partial charge in [-0.2, -0.15) is 0 Å². The molecule has 1 rings (SSSR count). The van der Waals surface area contributed by atoms with Crippen molar-refractivity contribution < 1.29 is 48.9 Å². The maximum Gasteiger partial charge on any atom is 0.186 e. The van der Waals surface area contributed by atoms with Crippen LogP contribution in [0.1, 0.15) is 174 Å². The first-order chi connectivity index (χ1) is 24.6. The number of rotatable bonds is 34. The van der Waals surface area contributed by atoms with Gasteiger partial charge >= 0.3 is 0 Å². The number of halogens is 2. The van der Waals surface area contributed by atoms with Gasteiger partial charge in [0.2, 0.25) is 0 Å². The van der Waals surface area contributed by atoms with Gasteiger partial charge in [-0.3, -0.25) is 0 Å². The smallest absolute Gasteiger partial charge is 0.186 e. The highest BCUT2D eigenvalue weighted by Crippen LogP contribution is 2.26. The molecule has 5 unspecified atom stereocenters. The first kappa shape index (κ1) is 48.0. The second kappa shape index (κ2) is 31.4. The number of unbranched alkanes of at least 4 members (excludes halogenated alkanes) is 21. The molecule has 10 heteroatoms. The van der Waals surface area contributed by atoms with E-state index in [0.717, 1.165) is 77.0 Å². The third-order valence-electron chi connectivity index (χ3n) is 10.2. The minimum atomic E-state index is -1.62. The largest absolute Gasteiger partial charge is 0.394 e. The summed E-state index contributed by atoms with van der Waals surface area (Å²) in [5.41, 5.74) is 0. The van der Waals surface area contributed by atoms with E-state index in [4.69, 9.17) is 9.47 Å². The highest BCUT2D eigenvalue weighted by molar-refractivity contribution is 5.00. The Balaban J connectivity index is 2.50. The molecule has 8 nitrogen and oxygen atoms in total. The molecular formula is C41H76F2O8. The molecule has 0 bridgehead atoms. The van der Waals surface area contributed by atoms with E-state index in [9.17, 15) is 35.0 Å². The average Bonchev–Trinajstić information content (AvgIpc) is 3.11. The first-order valence-corrected chi connectivity index (χ1v) is 20.6. The SMILES string of the molecule is C=C(F)CCCCCCCCCCCCC/C(F)=C\[C@@H](COC1OC(CO)C(O)C(O)C1O)[C@H](O)[C@H](O)CCCCCCCCCCCCCC. The molecule has 1 aliphatic heterocycles. The molecule has 0 aliphatic carbocycles. The van der Waals surface area contributed by atoms with E-state index in [1.54, 1.807) is 0 Å². The number of hydrogen-bond donors (Lipinski definition) is 6. The molecule has 0 saturated carbocycles. The Kier molecular flexibility index (Phi) is 29.6. The lowest BCUT2D eigenvalue weighted by Crippen LogP contribution is -2.59. The summed E-state index contributed by atoms with van der Waals surface area (Å²) in [7, 11) is 0. The minimum Gasteiger partial charge on any atom is -0.394 e. The van der Waals surface area contributed by atoms with Gasteiger partial charge in [-0.1, -0.05) is 148 Å². The fourth-order valence-corrected chi connectivity index (χ4v) is 6.82. The molecule has 1 aliphatic rings. The third-order valence-corrected chi connectivity index (χ3v) is 10.2. The van der Waals surface area contributed by atoms with Crippen molar-refractivity contribution in [3.8, 4) is 0 Å². The van der Waals surface area contributed by atoms with Crippen LogP contribution in [-0.4, -0.2) is 86.8 Å². The number of aliphatic hydroxyl groups is 6. The molecule has 0 radical (unpaired) electrons. The quantitative estimate of drug-likeness (QED) is 0.0361. The number of allylic oxidation sites excluding steroid dienone is 2. The van der Waals surface area contributed by atoms with Crippen LogP contribution in [0.5, 0.6) is 0 Å². The normalized spacial score (nSPS) is 23.0. The summed E-state index contributed by atoms with van der Waals surface area (Å²) in [6.07, 6.45) is 18.0. The molecule has 0 aromatic carbocycles. The Hall–Kier alpha value is -0.980. The maximum atomic E-state index is 15.2. The van der Waals surface area contributed by atoms with E-state index in [1.165, 1.54) is 70.3 Å². The minimum absolute atomic E-state index is 0.198. The average molecular weight is 735 g/mol. The topological polar surface area (TPSA) is 140 Å². The van der Waals surface area contributed by atoms with E-state index < -0.39 is 61.3 Å². The molecular weight excluding hydrogens is 658 g/mol. The summed E-state index contributed by atoms with van der Waals surface area (Å²) >= 11 is 0. The Labute approximate surface area is 308 Å². The lowest BCUT2D eigenvalue weighted by molar-refractivity contribution is -0.303. The highest BCUT2D eigenvalue weighted by atomic mass is 19.1. The molecule has 51 heavy (non-hydrogen) atoms. The molecule has 0 amide bonds. The van der Waals surface area contributed by atoms with Crippen molar-refractivity contribution in [2.45, 2.75) is 217 Å². The van der Waals surface area contributed by atoms with E-state index in [2.05, 4.69) is 13.5 Å². The molecule has 1 heterocycles. The Bertz CT molecular complexity index is 860. The van der Waals surface area contributed by atoms with Crippen LogP contribution in [-0.2, 0) is 9.47 Å². The zero-order valence-corrected chi connectivity index (χ0v) is 32.0. The lowest BCUT2D eigenvalue weighted by Gasteiger charge is -2.40. The Morgan fingerprint density at radius 1 is 0.667 bits per heavy atom. The van der Waals surface area contributed by atoms with Gasteiger partial charge in [0.05, 0.1) is 37.1 Å². The molecule has 6 N–H and O–H groups in total. The van der Waals surface area contributed by atoms with Gasteiger partial charge in [-0.25, -0.2) is 8.78 Å². The summed E-state index contributed by atoms with van der Waals surface area (Å²) in [6, 6.07) is 0. The second-order valence-electron chi connectivity index (χ2n) is 15.0. The monoisotopic (exact) mass is 735 g/mol. The van der Waals surface area contributed by atoms with Crippen molar-refractivity contribution in [1.82, 2.24) is 0 Å². The van der Waals surface area contributed by atoms with Crippen LogP contribution in [0.3, 0.4) is 0 Å². The van der Waals surface area contributed by atoms with Crippen LogP contribution in [0, 0.1) is 5.92 Å². The van der Waals surface area contributed by atoms with Crippen LogP contribution in [0.4, 0.5) is 8.78 Å². The zero-order valence-electron chi connectivity index (χ0n) is 32.0. The predicted octanol–water partition coefficient (Wildman–Crippen LogP) is 8.64. The van der Waals surface area contributed by atoms with Gasteiger partial charge < -0.3 is 40.1 Å². The van der Waals surface area contributed by atoms with E-state index >= 15 is 4.39 Å². The first-order valence-electron chi connectivity index (χ1n) is 20.6. The van der Waals surface area contributed by atoms with Crippen LogP contribution < -0.4 is 0 Å². The van der Waals surface area contributed by atoms with Gasteiger partial charge in [-0.15, -0.1) is 0 Å².